The molecule has 2 rings (SSSR count). The van der Waals surface area contributed by atoms with Gasteiger partial charge in [0, 0.05) is 31.9 Å². The van der Waals surface area contributed by atoms with Crippen LogP contribution >= 0.6 is 0 Å². The number of nitrogens with zero attached hydrogens (tertiary/aromatic N) is 3. The van der Waals surface area contributed by atoms with E-state index < -0.39 is 0 Å². The predicted molar refractivity (Wildman–Crippen MR) is 70.2 cm³/mol. The second kappa shape index (κ2) is 5.10. The Balaban J connectivity index is 1.99. The lowest BCUT2D eigenvalue weighted by Crippen LogP contribution is -2.42. The van der Waals surface area contributed by atoms with Crippen LogP contribution in [0.5, 0.6) is 0 Å². The second-order valence-corrected chi connectivity index (χ2v) is 5.28. The van der Waals surface area contributed by atoms with Crippen LogP contribution in [-0.4, -0.2) is 39.7 Å². The molecule has 100 valence electrons. The van der Waals surface area contributed by atoms with Crippen molar-refractivity contribution in [2.24, 2.45) is 18.7 Å². The van der Waals surface area contributed by atoms with Crippen molar-refractivity contribution in [3.05, 3.63) is 17.5 Å². The molecule has 2 N–H and O–H groups in total. The van der Waals surface area contributed by atoms with Crippen molar-refractivity contribution in [1.29, 1.82) is 0 Å². The molecule has 0 radical (unpaired) electrons. The molecular formula is C13H22N4O. The maximum Gasteiger partial charge on any atom is 0.274 e. The van der Waals surface area contributed by atoms with Gasteiger partial charge < -0.3 is 10.6 Å². The summed E-state index contributed by atoms with van der Waals surface area (Å²) in [5, 5.41) is 4.24. The Kier molecular flexibility index (Phi) is 3.71. The lowest BCUT2D eigenvalue weighted by Gasteiger charge is -2.33. The van der Waals surface area contributed by atoms with Gasteiger partial charge in [-0.05, 0) is 38.7 Å². The number of carbonyl (C=O) groups excluding carboxylic acids is 1. The van der Waals surface area contributed by atoms with Crippen molar-refractivity contribution < 1.29 is 4.79 Å². The van der Waals surface area contributed by atoms with E-state index in [1.807, 2.05) is 31.9 Å². The highest BCUT2D eigenvalue weighted by molar-refractivity contribution is 5.92. The van der Waals surface area contributed by atoms with E-state index in [-0.39, 0.29) is 11.9 Å². The molecule has 2 heterocycles. The van der Waals surface area contributed by atoms with Gasteiger partial charge in [-0.2, -0.15) is 5.10 Å². The largest absolute Gasteiger partial charge is 0.337 e. The van der Waals surface area contributed by atoms with Crippen LogP contribution in [0.4, 0.5) is 0 Å². The fraction of sp³-hybridized carbons (Fsp3) is 0.692. The van der Waals surface area contributed by atoms with Gasteiger partial charge in [-0.15, -0.1) is 0 Å². The van der Waals surface area contributed by atoms with Crippen LogP contribution in [0, 0.1) is 12.8 Å². The van der Waals surface area contributed by atoms with Crippen molar-refractivity contribution in [2.75, 3.05) is 13.1 Å². The van der Waals surface area contributed by atoms with Gasteiger partial charge in [-0.25, -0.2) is 0 Å². The molecule has 18 heavy (non-hydrogen) atoms. The third-order valence-electron chi connectivity index (χ3n) is 3.90. The fourth-order valence-electron chi connectivity index (χ4n) is 2.46. The topological polar surface area (TPSA) is 64.2 Å². The molecule has 1 saturated heterocycles. The summed E-state index contributed by atoms with van der Waals surface area (Å²) in [7, 11) is 1.86. The van der Waals surface area contributed by atoms with Gasteiger partial charge in [0.15, 0.2) is 5.69 Å². The average molecular weight is 250 g/mol. The van der Waals surface area contributed by atoms with Crippen molar-refractivity contribution in [2.45, 2.75) is 32.7 Å². The summed E-state index contributed by atoms with van der Waals surface area (Å²) in [5.41, 5.74) is 7.46. The van der Waals surface area contributed by atoms with Crippen LogP contribution < -0.4 is 5.73 Å². The SMILES string of the molecule is Cc1cc(C(=O)N2CCC(C(C)N)CC2)nn1C. The van der Waals surface area contributed by atoms with Crippen LogP contribution in [-0.2, 0) is 7.05 Å². The van der Waals surface area contributed by atoms with E-state index in [9.17, 15) is 4.79 Å². The summed E-state index contributed by atoms with van der Waals surface area (Å²) < 4.78 is 1.74. The molecule has 1 amide bonds. The van der Waals surface area contributed by atoms with Gasteiger partial charge in [-0.3, -0.25) is 9.48 Å². The molecule has 0 spiro atoms. The predicted octanol–water partition coefficient (Wildman–Crippen LogP) is 0.928. The summed E-state index contributed by atoms with van der Waals surface area (Å²) >= 11 is 0. The third-order valence-corrected chi connectivity index (χ3v) is 3.90. The second-order valence-electron chi connectivity index (χ2n) is 5.28. The normalized spacial score (nSPS) is 19.0. The number of nitrogens with two attached hydrogens (primary N) is 1. The zero-order valence-electron chi connectivity index (χ0n) is 11.4. The van der Waals surface area contributed by atoms with E-state index in [0.29, 0.717) is 11.6 Å². The van der Waals surface area contributed by atoms with Crippen molar-refractivity contribution >= 4 is 5.91 Å². The first-order valence-electron chi connectivity index (χ1n) is 6.54. The van der Waals surface area contributed by atoms with Crippen LogP contribution in [0.15, 0.2) is 6.07 Å². The first-order valence-corrected chi connectivity index (χ1v) is 6.54. The maximum absolute atomic E-state index is 12.3. The van der Waals surface area contributed by atoms with E-state index in [1.54, 1.807) is 4.68 Å². The highest BCUT2D eigenvalue weighted by Crippen LogP contribution is 2.20. The zero-order chi connectivity index (χ0) is 13.3. The number of likely N-dealkylation sites (tertiary alicyclic amines) is 1. The molecule has 0 bridgehead atoms. The van der Waals surface area contributed by atoms with E-state index in [1.165, 1.54) is 0 Å². The lowest BCUT2D eigenvalue weighted by molar-refractivity contribution is 0.0674. The number of aryl methyl sites for hydroxylation is 2. The van der Waals surface area contributed by atoms with Crippen molar-refractivity contribution in [1.82, 2.24) is 14.7 Å². The monoisotopic (exact) mass is 250 g/mol. The lowest BCUT2D eigenvalue weighted by atomic mass is 9.91. The van der Waals surface area contributed by atoms with Crippen LogP contribution in [0.2, 0.25) is 0 Å². The number of hydrogen-bond donors (Lipinski definition) is 1. The van der Waals surface area contributed by atoms with Gasteiger partial charge in [-0.1, -0.05) is 0 Å². The van der Waals surface area contributed by atoms with Gasteiger partial charge in [0.25, 0.3) is 5.91 Å². The molecule has 1 aliphatic heterocycles. The molecule has 1 atom stereocenters. The molecule has 0 aromatic carbocycles. The molecule has 1 unspecified atom stereocenters. The van der Waals surface area contributed by atoms with Gasteiger partial charge >= 0.3 is 0 Å². The van der Waals surface area contributed by atoms with Crippen molar-refractivity contribution in [3.63, 3.8) is 0 Å². The zero-order valence-corrected chi connectivity index (χ0v) is 11.4. The molecule has 1 fully saturated rings. The summed E-state index contributed by atoms with van der Waals surface area (Å²) in [6.45, 7) is 5.58. The highest BCUT2D eigenvalue weighted by atomic mass is 16.2. The van der Waals surface area contributed by atoms with Crippen LogP contribution in [0.25, 0.3) is 0 Å². The number of hydrogen-bond acceptors (Lipinski definition) is 3. The Labute approximate surface area is 108 Å². The molecule has 0 aliphatic carbocycles. The van der Waals surface area contributed by atoms with Crippen LogP contribution in [0.3, 0.4) is 0 Å². The van der Waals surface area contributed by atoms with Gasteiger partial charge in [0.1, 0.15) is 0 Å². The van der Waals surface area contributed by atoms with E-state index in [2.05, 4.69) is 5.10 Å². The van der Waals surface area contributed by atoms with E-state index in [4.69, 9.17) is 5.73 Å². The Morgan fingerprint density at radius 3 is 2.56 bits per heavy atom. The highest BCUT2D eigenvalue weighted by Gasteiger charge is 2.26. The Morgan fingerprint density at radius 2 is 2.11 bits per heavy atom. The van der Waals surface area contributed by atoms with E-state index in [0.717, 1.165) is 31.6 Å². The molecular weight excluding hydrogens is 228 g/mol. The summed E-state index contributed by atoms with van der Waals surface area (Å²) in [6, 6.07) is 2.07. The molecule has 1 aromatic heterocycles. The van der Waals surface area contributed by atoms with Crippen molar-refractivity contribution in [3.8, 4) is 0 Å². The maximum atomic E-state index is 12.3. The quantitative estimate of drug-likeness (QED) is 0.849. The molecule has 5 nitrogen and oxygen atoms in total. The Bertz CT molecular complexity index is 411. The third kappa shape index (κ3) is 2.56. The van der Waals surface area contributed by atoms with Gasteiger partial charge in [0.2, 0.25) is 0 Å². The summed E-state index contributed by atoms with van der Waals surface area (Å²) in [5.74, 6) is 0.585. The standard InChI is InChI=1S/C13H22N4O/c1-9-8-12(15-16(9)3)13(18)17-6-4-11(5-7-17)10(2)14/h8,10-11H,4-7,14H2,1-3H3. The number of carbonyl (C=O) groups is 1. The first kappa shape index (κ1) is 13.1. The number of amides is 1. The van der Waals surface area contributed by atoms with Crippen LogP contribution in [0.1, 0.15) is 35.9 Å². The number of rotatable bonds is 2. The minimum atomic E-state index is 0.0434. The minimum absolute atomic E-state index is 0.0434. The van der Waals surface area contributed by atoms with E-state index >= 15 is 0 Å². The number of aromatic nitrogens is 2. The summed E-state index contributed by atoms with van der Waals surface area (Å²) in [6.07, 6.45) is 1.99. The molecule has 1 aromatic rings. The number of piperidine rings is 1. The first-order chi connectivity index (χ1) is 8.49. The van der Waals surface area contributed by atoms with Gasteiger partial charge in [0.05, 0.1) is 0 Å². The minimum Gasteiger partial charge on any atom is -0.337 e. The molecule has 5 heteroatoms. The summed E-state index contributed by atoms with van der Waals surface area (Å²) in [4.78, 5) is 14.2. The fourth-order valence-corrected chi connectivity index (χ4v) is 2.46. The molecule has 1 aliphatic rings. The average Bonchev–Trinajstić information content (AvgIpc) is 2.69. The smallest absolute Gasteiger partial charge is 0.274 e. The Hall–Kier alpha value is -1.36. The molecule has 0 saturated carbocycles. The Morgan fingerprint density at radius 1 is 1.50 bits per heavy atom.